The van der Waals surface area contributed by atoms with Gasteiger partial charge in [0.15, 0.2) is 0 Å². The topological polar surface area (TPSA) is 59.8 Å². The third-order valence-electron chi connectivity index (χ3n) is 3.74. The average molecular weight is 270 g/mol. The van der Waals surface area contributed by atoms with Crippen molar-refractivity contribution in [3.05, 3.63) is 47.3 Å². The number of rotatable bonds is 2. The fourth-order valence-corrected chi connectivity index (χ4v) is 2.67. The van der Waals surface area contributed by atoms with Gasteiger partial charge >= 0.3 is 0 Å². The average Bonchev–Trinajstić information content (AvgIpc) is 2.85. The number of aryl methyl sites for hydroxylation is 3. The second-order valence-corrected chi connectivity index (χ2v) is 5.29. The normalized spacial score (nSPS) is 17.6. The first kappa shape index (κ1) is 12.8. The summed E-state index contributed by atoms with van der Waals surface area (Å²) in [6, 6.07) is 3.87. The Morgan fingerprint density at radius 3 is 3.05 bits per heavy atom. The lowest BCUT2D eigenvalue weighted by Crippen LogP contribution is -2.41. The summed E-state index contributed by atoms with van der Waals surface area (Å²) in [5, 5.41) is 3.10. The number of carbonyl (C=O) groups excluding carboxylic acids is 1. The van der Waals surface area contributed by atoms with Crippen molar-refractivity contribution in [2.75, 3.05) is 0 Å². The maximum atomic E-state index is 12.3. The Morgan fingerprint density at radius 1 is 1.40 bits per heavy atom. The number of hydrogen-bond donors (Lipinski definition) is 1. The van der Waals surface area contributed by atoms with E-state index < -0.39 is 0 Å². The van der Waals surface area contributed by atoms with Crippen LogP contribution in [-0.4, -0.2) is 26.5 Å². The van der Waals surface area contributed by atoms with Gasteiger partial charge in [-0.3, -0.25) is 9.78 Å². The predicted octanol–water partition coefficient (Wildman–Crippen LogP) is 1.64. The molecular weight excluding hydrogens is 252 g/mol. The predicted molar refractivity (Wildman–Crippen MR) is 75.5 cm³/mol. The summed E-state index contributed by atoms with van der Waals surface area (Å²) in [6.45, 7) is 4.59. The van der Waals surface area contributed by atoms with Crippen molar-refractivity contribution in [3.63, 3.8) is 0 Å². The second kappa shape index (κ2) is 5.07. The summed E-state index contributed by atoms with van der Waals surface area (Å²) in [5.74, 6) is 1.06. The molecule has 3 heterocycles. The van der Waals surface area contributed by atoms with Crippen LogP contribution in [0.5, 0.6) is 0 Å². The number of hydrogen-bond acceptors (Lipinski definition) is 3. The lowest BCUT2D eigenvalue weighted by Gasteiger charge is -2.25. The van der Waals surface area contributed by atoms with Gasteiger partial charge in [0.25, 0.3) is 5.91 Å². The van der Waals surface area contributed by atoms with Gasteiger partial charge in [0.1, 0.15) is 5.82 Å². The largest absolute Gasteiger partial charge is 0.347 e. The van der Waals surface area contributed by atoms with Crippen molar-refractivity contribution in [1.29, 1.82) is 0 Å². The molecule has 1 aliphatic heterocycles. The smallest absolute Gasteiger partial charge is 0.253 e. The van der Waals surface area contributed by atoms with Crippen LogP contribution in [-0.2, 0) is 13.0 Å². The number of fused-ring (bicyclic) bond motifs is 1. The van der Waals surface area contributed by atoms with E-state index in [9.17, 15) is 4.79 Å². The summed E-state index contributed by atoms with van der Waals surface area (Å²) in [4.78, 5) is 21.0. The minimum atomic E-state index is -0.0384. The minimum absolute atomic E-state index is 0.0384. The summed E-state index contributed by atoms with van der Waals surface area (Å²) >= 11 is 0. The molecule has 1 atom stereocenters. The van der Waals surface area contributed by atoms with Crippen LogP contribution in [0.15, 0.2) is 24.5 Å². The molecule has 20 heavy (non-hydrogen) atoms. The molecule has 2 aromatic heterocycles. The number of aromatic nitrogens is 3. The molecule has 0 bridgehead atoms. The van der Waals surface area contributed by atoms with Crippen molar-refractivity contribution in [1.82, 2.24) is 19.9 Å². The molecule has 0 saturated heterocycles. The van der Waals surface area contributed by atoms with Gasteiger partial charge in [0.05, 0.1) is 11.3 Å². The van der Waals surface area contributed by atoms with Crippen molar-refractivity contribution in [3.8, 4) is 0 Å². The van der Waals surface area contributed by atoms with Crippen molar-refractivity contribution in [2.24, 2.45) is 0 Å². The molecule has 0 saturated carbocycles. The van der Waals surface area contributed by atoms with Crippen molar-refractivity contribution >= 4 is 5.91 Å². The molecule has 2 aromatic rings. The highest BCUT2D eigenvalue weighted by atomic mass is 16.1. The van der Waals surface area contributed by atoms with Crippen LogP contribution in [0.4, 0.5) is 0 Å². The van der Waals surface area contributed by atoms with E-state index in [0.29, 0.717) is 5.56 Å². The van der Waals surface area contributed by atoms with E-state index >= 15 is 0 Å². The first-order valence-electron chi connectivity index (χ1n) is 6.88. The van der Waals surface area contributed by atoms with E-state index in [4.69, 9.17) is 0 Å². The molecule has 1 amide bonds. The number of pyridine rings is 1. The zero-order chi connectivity index (χ0) is 14.1. The molecule has 5 nitrogen and oxygen atoms in total. The molecule has 0 aliphatic carbocycles. The molecular formula is C15H18N4O. The summed E-state index contributed by atoms with van der Waals surface area (Å²) < 4.78 is 2.11. The van der Waals surface area contributed by atoms with Crippen LogP contribution < -0.4 is 5.32 Å². The number of nitrogens with zero attached hydrogens (tertiary/aromatic N) is 3. The maximum absolute atomic E-state index is 12.3. The summed E-state index contributed by atoms with van der Waals surface area (Å²) in [5.41, 5.74) is 2.37. The molecule has 104 valence electrons. The summed E-state index contributed by atoms with van der Waals surface area (Å²) in [7, 11) is 0. The van der Waals surface area contributed by atoms with Gasteiger partial charge in [-0.2, -0.15) is 0 Å². The standard InChI is InChI=1S/C15H18N4O/c1-10-3-5-13(11(2)17-10)15(20)18-12-4-6-14-16-7-8-19(14)9-12/h3,5,7-8,12H,4,6,9H2,1-2H3,(H,18,20)/t12-/m0/s1. The van der Waals surface area contributed by atoms with E-state index in [2.05, 4.69) is 19.9 Å². The molecule has 0 aromatic carbocycles. The Balaban J connectivity index is 1.71. The number of nitrogens with one attached hydrogen (secondary N) is 1. The first-order valence-corrected chi connectivity index (χ1v) is 6.88. The fraction of sp³-hybridized carbons (Fsp3) is 0.400. The van der Waals surface area contributed by atoms with E-state index in [1.165, 1.54) is 0 Å². The minimum Gasteiger partial charge on any atom is -0.347 e. The lowest BCUT2D eigenvalue weighted by molar-refractivity contribution is 0.0926. The molecule has 0 fully saturated rings. The monoisotopic (exact) mass is 270 g/mol. The highest BCUT2D eigenvalue weighted by molar-refractivity contribution is 5.95. The molecule has 0 spiro atoms. The summed E-state index contributed by atoms with van der Waals surface area (Å²) in [6.07, 6.45) is 5.62. The van der Waals surface area contributed by atoms with Crippen LogP contribution in [0.3, 0.4) is 0 Å². The fourth-order valence-electron chi connectivity index (χ4n) is 2.67. The molecule has 1 aliphatic rings. The van der Waals surface area contributed by atoms with Gasteiger partial charge in [-0.05, 0) is 32.4 Å². The molecule has 5 heteroatoms. The van der Waals surface area contributed by atoms with Gasteiger partial charge in [-0.25, -0.2) is 4.98 Å². The number of carbonyl (C=O) groups is 1. The zero-order valence-electron chi connectivity index (χ0n) is 11.8. The molecule has 3 rings (SSSR count). The van der Waals surface area contributed by atoms with Gasteiger partial charge < -0.3 is 9.88 Å². The molecule has 0 radical (unpaired) electrons. The third-order valence-corrected chi connectivity index (χ3v) is 3.74. The Labute approximate surface area is 118 Å². The van der Waals surface area contributed by atoms with Crippen molar-refractivity contribution in [2.45, 2.75) is 39.3 Å². The van der Waals surface area contributed by atoms with E-state index in [1.54, 1.807) is 0 Å². The second-order valence-electron chi connectivity index (χ2n) is 5.29. The van der Waals surface area contributed by atoms with Crippen molar-refractivity contribution < 1.29 is 4.79 Å². The number of amides is 1. The van der Waals surface area contributed by atoms with Crippen LogP contribution >= 0.6 is 0 Å². The van der Waals surface area contributed by atoms with Gasteiger partial charge in [0.2, 0.25) is 0 Å². The quantitative estimate of drug-likeness (QED) is 0.902. The van der Waals surface area contributed by atoms with Crippen LogP contribution in [0.2, 0.25) is 0 Å². The van der Waals surface area contributed by atoms with Crippen LogP contribution in [0.1, 0.15) is 34.0 Å². The molecule has 1 N–H and O–H groups in total. The Kier molecular flexibility index (Phi) is 3.26. The lowest BCUT2D eigenvalue weighted by atomic mass is 10.1. The van der Waals surface area contributed by atoms with Crippen LogP contribution in [0, 0.1) is 13.8 Å². The van der Waals surface area contributed by atoms with E-state index in [0.717, 1.165) is 36.6 Å². The van der Waals surface area contributed by atoms with E-state index in [-0.39, 0.29) is 11.9 Å². The Bertz CT molecular complexity index is 647. The highest BCUT2D eigenvalue weighted by Gasteiger charge is 2.21. The number of imidazole rings is 1. The van der Waals surface area contributed by atoms with Crippen LogP contribution in [0.25, 0.3) is 0 Å². The zero-order valence-corrected chi connectivity index (χ0v) is 11.8. The first-order chi connectivity index (χ1) is 9.63. The maximum Gasteiger partial charge on any atom is 0.253 e. The van der Waals surface area contributed by atoms with Gasteiger partial charge in [-0.15, -0.1) is 0 Å². The third kappa shape index (κ3) is 2.43. The van der Waals surface area contributed by atoms with Gasteiger partial charge in [0, 0.05) is 37.1 Å². The Morgan fingerprint density at radius 2 is 2.25 bits per heavy atom. The van der Waals surface area contributed by atoms with Gasteiger partial charge in [-0.1, -0.05) is 0 Å². The van der Waals surface area contributed by atoms with E-state index in [1.807, 2.05) is 38.4 Å². The highest BCUT2D eigenvalue weighted by Crippen LogP contribution is 2.14. The SMILES string of the molecule is Cc1ccc(C(=O)N[C@H]2CCc3nccn3C2)c(C)n1. The Hall–Kier alpha value is -2.17. The molecule has 0 unspecified atom stereocenters.